The predicted molar refractivity (Wildman–Crippen MR) is 159 cm³/mol. The van der Waals surface area contributed by atoms with E-state index in [0.29, 0.717) is 25.0 Å². The van der Waals surface area contributed by atoms with E-state index in [1.807, 2.05) is 66.7 Å². The van der Waals surface area contributed by atoms with Gasteiger partial charge in [0.05, 0.1) is 18.1 Å². The van der Waals surface area contributed by atoms with Crippen molar-refractivity contribution in [1.82, 2.24) is 4.90 Å². The van der Waals surface area contributed by atoms with Gasteiger partial charge >= 0.3 is 11.9 Å². The largest absolute Gasteiger partial charge is 0.466 e. The third kappa shape index (κ3) is 4.56. The Morgan fingerprint density at radius 2 is 1.63 bits per heavy atom. The molecule has 1 saturated heterocycles. The van der Waals surface area contributed by atoms with Crippen LogP contribution in [0.25, 0.3) is 0 Å². The second-order valence-corrected chi connectivity index (χ2v) is 11.2. The number of carbonyl (C=O) groups excluding carboxylic acids is 2. The third-order valence-electron chi connectivity index (χ3n) is 9.13. The molecule has 1 N–H and O–H groups in total. The van der Waals surface area contributed by atoms with Gasteiger partial charge in [-0.1, -0.05) is 97.9 Å². The predicted octanol–water partition coefficient (Wildman–Crippen LogP) is 6.15. The van der Waals surface area contributed by atoms with Gasteiger partial charge in [-0.15, -0.1) is 0 Å². The number of fused-ring (bicyclic) bond motifs is 1. The average Bonchev–Trinajstić information content (AvgIpc) is 3.53. The molecular formula is C35H36N2O4. The van der Waals surface area contributed by atoms with Gasteiger partial charge in [-0.05, 0) is 42.0 Å². The first-order valence-electron chi connectivity index (χ1n) is 14.3. The fourth-order valence-corrected chi connectivity index (χ4v) is 7.17. The van der Waals surface area contributed by atoms with Gasteiger partial charge in [0, 0.05) is 29.9 Å². The highest BCUT2D eigenvalue weighted by atomic mass is 16.5. The number of para-hydroxylation sites is 1. The first kappa shape index (κ1) is 27.0. The Balaban J connectivity index is 1.49. The van der Waals surface area contributed by atoms with E-state index in [2.05, 4.69) is 41.9 Å². The summed E-state index contributed by atoms with van der Waals surface area (Å²) in [4.78, 5) is 29.8. The van der Waals surface area contributed by atoms with Gasteiger partial charge in [-0.3, -0.25) is 9.69 Å². The number of carbonyl (C=O) groups is 2. The molecule has 4 atom stereocenters. The van der Waals surface area contributed by atoms with Crippen LogP contribution in [-0.4, -0.2) is 36.0 Å². The fourth-order valence-electron chi connectivity index (χ4n) is 7.17. The van der Waals surface area contributed by atoms with Crippen molar-refractivity contribution in [2.75, 3.05) is 12.4 Å². The van der Waals surface area contributed by atoms with Crippen LogP contribution in [0.15, 0.2) is 108 Å². The average molecular weight is 549 g/mol. The van der Waals surface area contributed by atoms with Crippen LogP contribution in [0.5, 0.6) is 0 Å². The van der Waals surface area contributed by atoms with Gasteiger partial charge in [0.1, 0.15) is 12.6 Å². The van der Waals surface area contributed by atoms with E-state index in [1.165, 1.54) is 7.11 Å². The Labute approximate surface area is 241 Å². The molecule has 3 aliphatic rings. The van der Waals surface area contributed by atoms with E-state index in [0.717, 1.165) is 40.1 Å². The van der Waals surface area contributed by atoms with Crippen LogP contribution in [0, 0.1) is 5.92 Å². The molecule has 41 heavy (non-hydrogen) atoms. The molecule has 6 heteroatoms. The van der Waals surface area contributed by atoms with Crippen LogP contribution in [0.2, 0.25) is 0 Å². The summed E-state index contributed by atoms with van der Waals surface area (Å²) < 4.78 is 11.4. The zero-order valence-corrected chi connectivity index (χ0v) is 23.6. The molecule has 0 amide bonds. The number of likely N-dealkylation sites (tertiary alicyclic amines) is 1. The van der Waals surface area contributed by atoms with E-state index in [-0.39, 0.29) is 30.5 Å². The van der Waals surface area contributed by atoms with Crippen LogP contribution in [0.3, 0.4) is 0 Å². The number of anilines is 1. The van der Waals surface area contributed by atoms with Crippen molar-refractivity contribution < 1.29 is 19.1 Å². The van der Waals surface area contributed by atoms with Gasteiger partial charge in [0.2, 0.25) is 0 Å². The molecule has 0 radical (unpaired) electrons. The van der Waals surface area contributed by atoms with E-state index in [9.17, 15) is 9.59 Å². The molecule has 0 bridgehead atoms. The Bertz CT molecular complexity index is 1500. The Hall–Kier alpha value is -4.16. The van der Waals surface area contributed by atoms with Crippen molar-refractivity contribution >= 4 is 17.6 Å². The molecule has 0 aromatic heterocycles. The van der Waals surface area contributed by atoms with Crippen molar-refractivity contribution in [1.29, 1.82) is 0 Å². The highest BCUT2D eigenvalue weighted by Gasteiger charge is 2.64. The quantitative estimate of drug-likeness (QED) is 0.269. The monoisotopic (exact) mass is 548 g/mol. The molecule has 210 valence electrons. The van der Waals surface area contributed by atoms with Gasteiger partial charge in [0.15, 0.2) is 0 Å². The second kappa shape index (κ2) is 11.0. The summed E-state index contributed by atoms with van der Waals surface area (Å²) in [5.74, 6) is -0.787. The Kier molecular flexibility index (Phi) is 7.26. The molecule has 2 heterocycles. The lowest BCUT2D eigenvalue weighted by molar-refractivity contribution is -0.151. The summed E-state index contributed by atoms with van der Waals surface area (Å²) in [5, 5.41) is 3.63. The minimum Gasteiger partial charge on any atom is -0.466 e. The number of nitrogens with one attached hydrogen (secondary N) is 1. The van der Waals surface area contributed by atoms with Crippen LogP contribution >= 0.6 is 0 Å². The lowest BCUT2D eigenvalue weighted by Gasteiger charge is -2.44. The number of allylic oxidation sites excluding steroid dienone is 1. The maximum Gasteiger partial charge on any atom is 0.336 e. The molecule has 3 aromatic carbocycles. The normalized spacial score (nSPS) is 24.6. The zero-order chi connectivity index (χ0) is 28.6. The third-order valence-corrected chi connectivity index (χ3v) is 9.13. The molecule has 1 spiro atoms. The molecule has 1 aliphatic carbocycles. The summed E-state index contributed by atoms with van der Waals surface area (Å²) in [6, 6.07) is 27.7. The van der Waals surface area contributed by atoms with E-state index in [4.69, 9.17) is 9.47 Å². The molecule has 3 aromatic rings. The fraction of sp³-hybridized carbons (Fsp3) is 0.314. The van der Waals surface area contributed by atoms with Crippen molar-refractivity contribution in [3.8, 4) is 0 Å². The molecule has 2 aliphatic heterocycles. The van der Waals surface area contributed by atoms with Gasteiger partial charge in [-0.2, -0.15) is 0 Å². The summed E-state index contributed by atoms with van der Waals surface area (Å²) in [5.41, 5.74) is 6.02. The highest BCUT2D eigenvalue weighted by Crippen LogP contribution is 2.61. The van der Waals surface area contributed by atoms with E-state index in [1.54, 1.807) is 0 Å². The number of esters is 2. The standard InChI is InChI=1S/C35H36N2O4/c1-4-23(2)26-19-30-35(27-17-11-12-18-28(27)36-32(35)31(26)34(39)40-3)20-29(37(30)21-24-13-7-5-8-14-24)33(38)41-22-25-15-9-6-10-16-25/h5-18,26,29-30,36H,2,4,19-22H2,1,3H3/t26-,29-,30-,35+/m0/s1. The van der Waals surface area contributed by atoms with Crippen molar-refractivity contribution in [3.05, 3.63) is 125 Å². The van der Waals surface area contributed by atoms with Crippen LogP contribution < -0.4 is 5.32 Å². The summed E-state index contributed by atoms with van der Waals surface area (Å²) in [6.07, 6.45) is 1.90. The van der Waals surface area contributed by atoms with Gasteiger partial charge < -0.3 is 14.8 Å². The van der Waals surface area contributed by atoms with Crippen molar-refractivity contribution in [3.63, 3.8) is 0 Å². The molecular weight excluding hydrogens is 512 g/mol. The number of rotatable bonds is 8. The second-order valence-electron chi connectivity index (χ2n) is 11.2. The lowest BCUT2D eigenvalue weighted by Crippen LogP contribution is -2.50. The number of methoxy groups -OCH3 is 1. The molecule has 6 nitrogen and oxygen atoms in total. The minimum atomic E-state index is -0.587. The maximum absolute atomic E-state index is 14.0. The first-order chi connectivity index (χ1) is 20.0. The number of nitrogens with zero attached hydrogens (tertiary/aromatic N) is 1. The smallest absolute Gasteiger partial charge is 0.336 e. The molecule has 1 fully saturated rings. The van der Waals surface area contributed by atoms with Crippen LogP contribution in [0.1, 0.15) is 42.9 Å². The van der Waals surface area contributed by atoms with E-state index < -0.39 is 11.5 Å². The van der Waals surface area contributed by atoms with Gasteiger partial charge in [0.25, 0.3) is 0 Å². The Morgan fingerprint density at radius 1 is 0.976 bits per heavy atom. The number of benzene rings is 3. The topological polar surface area (TPSA) is 67.9 Å². The Morgan fingerprint density at radius 3 is 2.32 bits per heavy atom. The summed E-state index contributed by atoms with van der Waals surface area (Å²) in [7, 11) is 1.43. The minimum absolute atomic E-state index is 0.0650. The van der Waals surface area contributed by atoms with E-state index >= 15 is 0 Å². The molecule has 0 saturated carbocycles. The van der Waals surface area contributed by atoms with Crippen LogP contribution in [-0.2, 0) is 37.6 Å². The van der Waals surface area contributed by atoms with Crippen molar-refractivity contribution in [2.45, 2.75) is 56.8 Å². The summed E-state index contributed by atoms with van der Waals surface area (Å²) in [6.45, 7) is 7.26. The van der Waals surface area contributed by atoms with Crippen LogP contribution in [0.4, 0.5) is 5.69 Å². The van der Waals surface area contributed by atoms with Gasteiger partial charge in [-0.25, -0.2) is 4.79 Å². The zero-order valence-electron chi connectivity index (χ0n) is 23.6. The molecule has 0 unspecified atom stereocenters. The number of ether oxygens (including phenoxy) is 2. The number of hydrogen-bond acceptors (Lipinski definition) is 6. The highest BCUT2D eigenvalue weighted by molar-refractivity contribution is 5.94. The SMILES string of the molecule is C=C(CC)[C@@H]1C[C@@H]2N(Cc3ccccc3)[C@H](C(=O)OCc3ccccc3)C[C@]23C(=C1C(=O)OC)Nc1ccccc13. The first-order valence-corrected chi connectivity index (χ1v) is 14.3. The molecule has 6 rings (SSSR count). The van der Waals surface area contributed by atoms with Crippen molar-refractivity contribution in [2.24, 2.45) is 5.92 Å². The lowest BCUT2D eigenvalue weighted by atomic mass is 9.62. The summed E-state index contributed by atoms with van der Waals surface area (Å²) >= 11 is 0. The maximum atomic E-state index is 14.0. The number of hydrogen-bond donors (Lipinski definition) is 1.